The van der Waals surface area contributed by atoms with E-state index in [0.717, 1.165) is 46.2 Å². The van der Waals surface area contributed by atoms with Crippen molar-refractivity contribution >= 4 is 45.9 Å². The van der Waals surface area contributed by atoms with Crippen LogP contribution in [0.3, 0.4) is 0 Å². The van der Waals surface area contributed by atoms with Crippen LogP contribution in [-0.2, 0) is 6.42 Å². The van der Waals surface area contributed by atoms with E-state index in [2.05, 4.69) is 155 Å². The molecule has 0 saturated heterocycles. The minimum Gasteiger partial charge on any atom is -0.655 e. The first-order valence-corrected chi connectivity index (χ1v) is 18.3. The molecule has 0 bridgehead atoms. The van der Waals surface area contributed by atoms with Gasteiger partial charge in [0.25, 0.3) is 0 Å². The third-order valence-corrected chi connectivity index (χ3v) is 9.13. The molecule has 0 aromatic heterocycles. The zero-order valence-corrected chi connectivity index (χ0v) is 34.2. The van der Waals surface area contributed by atoms with Crippen LogP contribution in [0.5, 0.6) is 0 Å². The molecule has 3 nitrogen and oxygen atoms in total. The number of rotatable bonds is 10. The first-order valence-electron chi connectivity index (χ1n) is 18.3. The number of hydrogen-bond donors (Lipinski definition) is 0. The Morgan fingerprint density at radius 2 is 0.902 bits per heavy atom. The molecule has 0 N–H and O–H groups in total. The molecule has 5 rings (SSSR count). The summed E-state index contributed by atoms with van der Waals surface area (Å²) in [7, 11) is 0. The summed E-state index contributed by atoms with van der Waals surface area (Å²) in [5.41, 5.74) is 13.4. The zero-order valence-electron chi connectivity index (χ0n) is 32.7. The minimum absolute atomic E-state index is 0. The molecule has 0 aliphatic carbocycles. The Morgan fingerprint density at radius 1 is 0.549 bits per heavy atom. The van der Waals surface area contributed by atoms with Crippen molar-refractivity contribution in [2.75, 3.05) is 0 Å². The van der Waals surface area contributed by atoms with E-state index in [1.165, 1.54) is 27.8 Å². The van der Waals surface area contributed by atoms with E-state index >= 15 is 0 Å². The number of benzene rings is 4. The molecule has 4 aromatic carbocycles. The summed E-state index contributed by atoms with van der Waals surface area (Å²) in [5, 5.41) is 5.22. The number of allylic oxidation sites excluding steroid dienone is 4. The monoisotopic (exact) mass is 687 g/mol. The number of para-hydroxylation sites is 2. The standard InChI is InChI=1S/C40H50N3.C7H7.Mg/c1-25(2)33-18-14-19-34(26(3)4)39(33)41-29(9)37-23-32(22-31-16-12-11-13-17-31)24-38(43-37)30(10)42-40-35(27(5)6)20-15-21-36(40)28(7)8;1-7-5-3-2-4-6-7;/h11-21,23-28,32H,22H2,1-10H3;2-6H,1H2;/q2*-1;+2. The number of aliphatic imine (C=N–C) groups is 2. The summed E-state index contributed by atoms with van der Waals surface area (Å²) in [6.07, 6.45) is 5.48. The van der Waals surface area contributed by atoms with Crippen LogP contribution >= 0.6 is 0 Å². The molecule has 0 unspecified atom stereocenters. The van der Waals surface area contributed by atoms with Gasteiger partial charge in [-0.05, 0) is 77.7 Å². The van der Waals surface area contributed by atoms with Gasteiger partial charge in [-0.2, -0.15) is 24.6 Å². The summed E-state index contributed by atoms with van der Waals surface area (Å²) >= 11 is 0. The molecule has 0 saturated carbocycles. The summed E-state index contributed by atoms with van der Waals surface area (Å²) in [6.45, 7) is 25.9. The second-order valence-electron chi connectivity index (χ2n) is 14.6. The van der Waals surface area contributed by atoms with Gasteiger partial charge < -0.3 is 5.32 Å². The van der Waals surface area contributed by atoms with Gasteiger partial charge in [0.2, 0.25) is 0 Å². The van der Waals surface area contributed by atoms with Crippen molar-refractivity contribution in [3.05, 3.63) is 166 Å². The fourth-order valence-electron chi connectivity index (χ4n) is 6.27. The van der Waals surface area contributed by atoms with E-state index in [1.54, 1.807) is 0 Å². The number of hydrogen-bond acceptors (Lipinski definition) is 2. The van der Waals surface area contributed by atoms with E-state index in [-0.39, 0.29) is 29.0 Å². The van der Waals surface area contributed by atoms with Gasteiger partial charge in [0, 0.05) is 11.4 Å². The molecule has 4 aromatic rings. The maximum Gasteiger partial charge on any atom is 2.00 e. The predicted octanol–water partition coefficient (Wildman–Crippen LogP) is 13.6. The van der Waals surface area contributed by atoms with Crippen LogP contribution < -0.4 is 0 Å². The minimum atomic E-state index is 0. The van der Waals surface area contributed by atoms with E-state index in [0.29, 0.717) is 23.7 Å². The van der Waals surface area contributed by atoms with E-state index in [9.17, 15) is 0 Å². The smallest absolute Gasteiger partial charge is 0.655 e. The summed E-state index contributed by atoms with van der Waals surface area (Å²) in [5.74, 6) is 1.72. The molecule has 1 aliphatic heterocycles. The molecular weight excluding hydrogens is 631 g/mol. The van der Waals surface area contributed by atoms with Gasteiger partial charge in [-0.1, -0.05) is 140 Å². The molecule has 0 fully saturated rings. The van der Waals surface area contributed by atoms with Crippen molar-refractivity contribution < 1.29 is 0 Å². The van der Waals surface area contributed by atoms with Crippen molar-refractivity contribution in [2.45, 2.75) is 99.3 Å². The Balaban J connectivity index is 0.000000783. The summed E-state index contributed by atoms with van der Waals surface area (Å²) < 4.78 is 0. The van der Waals surface area contributed by atoms with Crippen LogP contribution in [0.25, 0.3) is 5.32 Å². The van der Waals surface area contributed by atoms with Crippen LogP contribution in [0, 0.1) is 12.8 Å². The number of nitrogens with zero attached hydrogens (tertiary/aromatic N) is 3. The van der Waals surface area contributed by atoms with Gasteiger partial charge in [0.1, 0.15) is 0 Å². The molecule has 0 radical (unpaired) electrons. The normalized spacial score (nSPS) is 14.8. The topological polar surface area (TPSA) is 38.8 Å². The Morgan fingerprint density at radius 3 is 1.22 bits per heavy atom. The maximum absolute atomic E-state index is 5.31. The molecular formula is C47H57MgN3. The zero-order chi connectivity index (χ0) is 36.4. The third kappa shape index (κ3) is 11.6. The van der Waals surface area contributed by atoms with Crippen LogP contribution in [0.15, 0.2) is 131 Å². The second-order valence-corrected chi connectivity index (χ2v) is 14.6. The molecule has 4 heteroatoms. The average Bonchev–Trinajstić information content (AvgIpc) is 3.09. The Kier molecular flexibility index (Phi) is 16.0. The summed E-state index contributed by atoms with van der Waals surface area (Å²) in [4.78, 5) is 10.6. The van der Waals surface area contributed by atoms with Crippen LogP contribution in [0.4, 0.5) is 11.4 Å². The van der Waals surface area contributed by atoms with Crippen LogP contribution in [-0.4, -0.2) is 34.5 Å². The fourth-order valence-corrected chi connectivity index (χ4v) is 6.27. The van der Waals surface area contributed by atoms with Gasteiger partial charge in [-0.25, -0.2) is 0 Å². The Bertz CT molecular complexity index is 1680. The van der Waals surface area contributed by atoms with Crippen molar-refractivity contribution in [2.24, 2.45) is 15.9 Å². The Labute approximate surface area is 325 Å². The largest absolute Gasteiger partial charge is 2.00 e. The van der Waals surface area contributed by atoms with Crippen LogP contribution in [0.1, 0.15) is 126 Å². The van der Waals surface area contributed by atoms with Gasteiger partial charge in [-0.3, -0.25) is 9.98 Å². The van der Waals surface area contributed by atoms with Gasteiger partial charge in [0.15, 0.2) is 0 Å². The van der Waals surface area contributed by atoms with Gasteiger partial charge in [0.05, 0.1) is 11.4 Å². The van der Waals surface area contributed by atoms with Crippen LogP contribution in [0.2, 0.25) is 0 Å². The predicted molar refractivity (Wildman–Crippen MR) is 225 cm³/mol. The van der Waals surface area contributed by atoms with Crippen molar-refractivity contribution in [1.29, 1.82) is 0 Å². The molecule has 1 aliphatic rings. The quantitative estimate of drug-likeness (QED) is 0.0904. The van der Waals surface area contributed by atoms with Gasteiger partial charge in [-0.15, -0.1) is 23.5 Å². The van der Waals surface area contributed by atoms with E-state index < -0.39 is 0 Å². The summed E-state index contributed by atoms with van der Waals surface area (Å²) in [6, 6.07) is 33.8. The molecule has 0 spiro atoms. The molecule has 0 amide bonds. The van der Waals surface area contributed by atoms with Crippen molar-refractivity contribution in [3.8, 4) is 0 Å². The first kappa shape index (κ1) is 41.6. The average molecular weight is 688 g/mol. The second kappa shape index (κ2) is 19.7. The van der Waals surface area contributed by atoms with Crippen molar-refractivity contribution in [1.82, 2.24) is 0 Å². The molecule has 262 valence electrons. The van der Waals surface area contributed by atoms with Crippen molar-refractivity contribution in [3.63, 3.8) is 0 Å². The third-order valence-electron chi connectivity index (χ3n) is 9.13. The maximum atomic E-state index is 5.31. The SMILES string of the molecule is CC(=Nc1c(C(C)C)cccc1C(C)C)C1=CC(Cc2ccccc2)C=C(C(C)=Nc2c(C(C)C)cccc2C(C)C)[N-]1.[CH2-]c1ccccc1.[Mg+2]. The fraction of sp³-hybridized carbons (Fsp3) is 0.340. The molecule has 51 heavy (non-hydrogen) atoms. The van der Waals surface area contributed by atoms with E-state index in [1.807, 2.05) is 30.3 Å². The molecule has 1 heterocycles. The Hall–Kier alpha value is -3.86. The first-order chi connectivity index (χ1) is 23.8. The van der Waals surface area contributed by atoms with Gasteiger partial charge >= 0.3 is 23.1 Å². The molecule has 0 atom stereocenters. The van der Waals surface area contributed by atoms with E-state index in [4.69, 9.17) is 15.3 Å².